The third-order valence-corrected chi connectivity index (χ3v) is 10.3. The Bertz CT molecular complexity index is 1160. The van der Waals surface area contributed by atoms with Crippen molar-refractivity contribution >= 4 is 19.8 Å². The lowest BCUT2D eigenvalue weighted by atomic mass is 9.85. The van der Waals surface area contributed by atoms with Crippen LogP contribution in [0.1, 0.15) is 142 Å². The van der Waals surface area contributed by atoms with E-state index in [-0.39, 0.29) is 12.8 Å². The summed E-state index contributed by atoms with van der Waals surface area (Å²) < 4.78 is 33.4. The molecular formula is C41H71O13P. The molecule has 0 saturated heterocycles. The maximum Gasteiger partial charge on any atom is 0.472 e. The molecule has 0 amide bonds. The standard InChI is InChI=1S/C41H71O13P/c1-3-5-7-9-11-13-15-16-17-18-20-21-23-25-27-29-34(42)51-31-33(53-35(43)30-28-26-24-22-19-14-12-10-8-6-4-2)32-52-55(49,50)54-41-39(47)37(45)36(44)38(46)40(41)48/h5,7,9,11,13,15-17,33,36-41,44-48H,3-4,6,8,10,12,14,18-32H2,1-2H3,(H,49,50)/b7-5+,11-9+,15-13+,17-16+/t33-,36?,37-,38?,39?,40?,41?/m1/s1. The molecule has 1 rings (SSSR count). The molecule has 1 aliphatic rings. The molecule has 0 spiro atoms. The Morgan fingerprint density at radius 3 is 1.58 bits per heavy atom. The van der Waals surface area contributed by atoms with Gasteiger partial charge in [0.15, 0.2) is 6.10 Å². The second-order valence-corrected chi connectivity index (χ2v) is 15.6. The van der Waals surface area contributed by atoms with E-state index in [0.29, 0.717) is 12.8 Å². The van der Waals surface area contributed by atoms with Crippen LogP contribution in [0.3, 0.4) is 0 Å². The number of unbranched alkanes of at least 4 members (excludes halogenated alkanes) is 15. The van der Waals surface area contributed by atoms with E-state index >= 15 is 0 Å². The van der Waals surface area contributed by atoms with Crippen molar-refractivity contribution in [3.63, 3.8) is 0 Å². The molecule has 55 heavy (non-hydrogen) atoms. The molecule has 0 aromatic rings. The van der Waals surface area contributed by atoms with Crippen LogP contribution in [-0.2, 0) is 32.7 Å². The van der Waals surface area contributed by atoms with Crippen LogP contribution in [0.15, 0.2) is 48.6 Å². The fourth-order valence-electron chi connectivity index (χ4n) is 5.94. The van der Waals surface area contributed by atoms with Crippen LogP contribution in [0.4, 0.5) is 0 Å². The number of phosphoric ester groups is 1. The van der Waals surface area contributed by atoms with Crippen LogP contribution in [0.2, 0.25) is 0 Å². The number of aliphatic hydroxyl groups excluding tert-OH is 5. The molecule has 6 unspecified atom stereocenters. The maximum atomic E-state index is 12.8. The lowest BCUT2D eigenvalue weighted by Gasteiger charge is -2.41. The monoisotopic (exact) mass is 802 g/mol. The Balaban J connectivity index is 2.53. The van der Waals surface area contributed by atoms with E-state index in [1.54, 1.807) is 0 Å². The Kier molecular flexibility index (Phi) is 29.4. The predicted octanol–water partition coefficient (Wildman–Crippen LogP) is 6.83. The van der Waals surface area contributed by atoms with Gasteiger partial charge < -0.3 is 39.9 Å². The van der Waals surface area contributed by atoms with Gasteiger partial charge in [-0.15, -0.1) is 0 Å². The van der Waals surface area contributed by atoms with Gasteiger partial charge in [-0.1, -0.05) is 146 Å². The molecule has 14 heteroatoms. The highest BCUT2D eigenvalue weighted by molar-refractivity contribution is 7.47. The van der Waals surface area contributed by atoms with Crippen molar-refractivity contribution in [3.05, 3.63) is 48.6 Å². The van der Waals surface area contributed by atoms with E-state index in [1.165, 1.54) is 38.5 Å². The van der Waals surface area contributed by atoms with E-state index in [9.17, 15) is 44.6 Å². The Morgan fingerprint density at radius 1 is 0.582 bits per heavy atom. The SMILES string of the molecule is CC/C=C/C=C/C=C/C=C/CCCCCCCC(=O)OC[C@H](COP(=O)(O)OC1C(O)C(O)C(O)[C@@H](O)C1O)OC(=O)CCCCCCCCCCCCC. The minimum Gasteiger partial charge on any atom is -0.462 e. The zero-order chi connectivity index (χ0) is 40.7. The number of rotatable bonds is 32. The summed E-state index contributed by atoms with van der Waals surface area (Å²) in [5.41, 5.74) is 0. The van der Waals surface area contributed by atoms with E-state index < -0.39 is 75.7 Å². The minimum atomic E-state index is -5.12. The number of esters is 2. The van der Waals surface area contributed by atoms with Gasteiger partial charge in [-0.05, 0) is 32.1 Å². The Labute approximate surface area is 329 Å². The quantitative estimate of drug-likeness (QED) is 0.0179. The molecule has 1 fully saturated rings. The first-order chi connectivity index (χ1) is 26.4. The summed E-state index contributed by atoms with van der Waals surface area (Å²) >= 11 is 0. The smallest absolute Gasteiger partial charge is 0.462 e. The summed E-state index contributed by atoms with van der Waals surface area (Å²) in [5, 5.41) is 50.0. The van der Waals surface area contributed by atoms with Crippen molar-refractivity contribution in [2.45, 2.75) is 185 Å². The van der Waals surface area contributed by atoms with Gasteiger partial charge in [-0.25, -0.2) is 4.57 Å². The summed E-state index contributed by atoms with van der Waals surface area (Å²) in [7, 11) is -5.12. The molecule has 0 aliphatic heterocycles. The van der Waals surface area contributed by atoms with Crippen LogP contribution >= 0.6 is 7.82 Å². The fraction of sp³-hybridized carbons (Fsp3) is 0.756. The van der Waals surface area contributed by atoms with Gasteiger partial charge in [0.25, 0.3) is 0 Å². The van der Waals surface area contributed by atoms with Gasteiger partial charge in [-0.3, -0.25) is 18.6 Å². The average molecular weight is 803 g/mol. The van der Waals surface area contributed by atoms with Crippen molar-refractivity contribution in [2.24, 2.45) is 0 Å². The van der Waals surface area contributed by atoms with E-state index in [0.717, 1.165) is 64.2 Å². The number of phosphoric acid groups is 1. The second-order valence-electron chi connectivity index (χ2n) is 14.2. The molecule has 0 bridgehead atoms. The highest BCUT2D eigenvalue weighted by Crippen LogP contribution is 2.47. The zero-order valence-corrected chi connectivity index (χ0v) is 34.1. The van der Waals surface area contributed by atoms with E-state index in [4.69, 9.17) is 18.5 Å². The lowest BCUT2D eigenvalue weighted by molar-refractivity contribution is -0.220. The number of aliphatic hydroxyl groups is 5. The van der Waals surface area contributed by atoms with Crippen LogP contribution in [0.25, 0.3) is 0 Å². The number of hydrogen-bond acceptors (Lipinski definition) is 12. The number of carbonyl (C=O) groups is 2. The van der Waals surface area contributed by atoms with Crippen LogP contribution in [-0.4, -0.2) is 98.3 Å². The molecule has 0 aromatic carbocycles. The topological polar surface area (TPSA) is 210 Å². The first-order valence-corrected chi connectivity index (χ1v) is 22.0. The molecule has 6 N–H and O–H groups in total. The summed E-state index contributed by atoms with van der Waals surface area (Å²) in [6, 6.07) is 0. The molecule has 1 saturated carbocycles. The van der Waals surface area contributed by atoms with Crippen molar-refractivity contribution in [3.8, 4) is 0 Å². The van der Waals surface area contributed by atoms with Gasteiger partial charge in [0.2, 0.25) is 0 Å². The summed E-state index contributed by atoms with van der Waals surface area (Å²) in [5.74, 6) is -1.13. The van der Waals surface area contributed by atoms with Crippen molar-refractivity contribution in [1.82, 2.24) is 0 Å². The number of hydrogen-bond donors (Lipinski definition) is 6. The molecule has 0 heterocycles. The highest BCUT2D eigenvalue weighted by Gasteiger charge is 2.51. The van der Waals surface area contributed by atoms with Crippen LogP contribution in [0.5, 0.6) is 0 Å². The fourth-order valence-corrected chi connectivity index (χ4v) is 6.92. The van der Waals surface area contributed by atoms with Crippen molar-refractivity contribution in [1.29, 1.82) is 0 Å². The minimum absolute atomic E-state index is 0.0914. The van der Waals surface area contributed by atoms with Crippen molar-refractivity contribution in [2.75, 3.05) is 13.2 Å². The average Bonchev–Trinajstić information content (AvgIpc) is 3.16. The summed E-state index contributed by atoms with van der Waals surface area (Å²) in [6.07, 6.45) is 21.8. The lowest BCUT2D eigenvalue weighted by Crippen LogP contribution is -2.64. The number of allylic oxidation sites excluding steroid dienone is 8. The number of carbonyl (C=O) groups excluding carboxylic acids is 2. The molecule has 13 nitrogen and oxygen atoms in total. The van der Waals surface area contributed by atoms with Gasteiger partial charge >= 0.3 is 19.8 Å². The third kappa shape index (κ3) is 24.9. The third-order valence-electron chi connectivity index (χ3n) is 9.28. The zero-order valence-electron chi connectivity index (χ0n) is 33.2. The van der Waals surface area contributed by atoms with Gasteiger partial charge in [0, 0.05) is 12.8 Å². The molecule has 0 radical (unpaired) electrons. The molecule has 1 aliphatic carbocycles. The Morgan fingerprint density at radius 2 is 1.04 bits per heavy atom. The molecule has 0 aromatic heterocycles. The van der Waals surface area contributed by atoms with Crippen LogP contribution < -0.4 is 0 Å². The highest BCUT2D eigenvalue weighted by atomic mass is 31.2. The van der Waals surface area contributed by atoms with Gasteiger partial charge in [-0.2, -0.15) is 0 Å². The maximum absolute atomic E-state index is 12.8. The first-order valence-electron chi connectivity index (χ1n) is 20.5. The molecular weight excluding hydrogens is 731 g/mol. The first kappa shape index (κ1) is 50.8. The molecule has 8 atom stereocenters. The predicted molar refractivity (Wildman–Crippen MR) is 212 cm³/mol. The molecule has 318 valence electrons. The number of ether oxygens (including phenoxy) is 2. The van der Waals surface area contributed by atoms with Gasteiger partial charge in [0.1, 0.15) is 43.2 Å². The van der Waals surface area contributed by atoms with Gasteiger partial charge in [0.05, 0.1) is 6.61 Å². The summed E-state index contributed by atoms with van der Waals surface area (Å²) in [4.78, 5) is 35.5. The Hall–Kier alpha value is -2.19. The van der Waals surface area contributed by atoms with Crippen LogP contribution in [0, 0.1) is 0 Å². The van der Waals surface area contributed by atoms with Crippen molar-refractivity contribution < 1.29 is 63.1 Å². The van der Waals surface area contributed by atoms with E-state index in [2.05, 4.69) is 26.0 Å². The normalized spacial score (nSPS) is 23.6. The largest absolute Gasteiger partial charge is 0.472 e. The summed E-state index contributed by atoms with van der Waals surface area (Å²) in [6.45, 7) is 3.10. The second kappa shape index (κ2) is 31.8. The van der Waals surface area contributed by atoms with E-state index in [1.807, 2.05) is 36.5 Å².